The molecule has 1 aliphatic heterocycles. The van der Waals surface area contributed by atoms with Gasteiger partial charge in [-0.15, -0.1) is 0 Å². The van der Waals surface area contributed by atoms with Crippen LogP contribution in [0.3, 0.4) is 0 Å². The van der Waals surface area contributed by atoms with Crippen molar-refractivity contribution >= 4 is 17.3 Å². The lowest BCUT2D eigenvalue weighted by Crippen LogP contribution is -2.14. The molecule has 2 heterocycles. The van der Waals surface area contributed by atoms with Crippen LogP contribution in [0.25, 0.3) is 0 Å². The van der Waals surface area contributed by atoms with Crippen LogP contribution in [-0.2, 0) is 6.54 Å². The minimum absolute atomic E-state index is 0.0142. The number of fused-ring (bicyclic) bond motifs is 1. The molecular weight excluding hydrogens is 314 g/mol. The average Bonchev–Trinajstić information content (AvgIpc) is 2.99. The lowest BCUT2D eigenvalue weighted by atomic mass is 10.2. The van der Waals surface area contributed by atoms with Crippen LogP contribution in [0.4, 0.5) is 17.3 Å². The Hall–Kier alpha value is -3.10. The van der Waals surface area contributed by atoms with Crippen LogP contribution in [0.1, 0.15) is 19.4 Å². The number of benzene rings is 1. The summed E-state index contributed by atoms with van der Waals surface area (Å²) in [6, 6.07) is 5.51. The molecule has 0 amide bonds. The number of hydrogen-bond donors (Lipinski definition) is 2. The van der Waals surface area contributed by atoms with E-state index >= 15 is 0 Å². The molecule has 1 aliphatic rings. The number of nitro groups is 1. The zero-order valence-corrected chi connectivity index (χ0v) is 13.3. The summed E-state index contributed by atoms with van der Waals surface area (Å²) >= 11 is 0. The van der Waals surface area contributed by atoms with Crippen molar-refractivity contribution in [3.8, 4) is 11.5 Å². The molecule has 9 nitrogen and oxygen atoms in total. The van der Waals surface area contributed by atoms with Gasteiger partial charge in [0.15, 0.2) is 11.5 Å². The van der Waals surface area contributed by atoms with Crippen molar-refractivity contribution in [2.24, 2.45) is 0 Å². The Morgan fingerprint density at radius 1 is 1.25 bits per heavy atom. The lowest BCUT2D eigenvalue weighted by molar-refractivity contribution is -0.383. The van der Waals surface area contributed by atoms with E-state index < -0.39 is 4.92 Å². The van der Waals surface area contributed by atoms with Crippen molar-refractivity contribution in [1.29, 1.82) is 0 Å². The summed E-state index contributed by atoms with van der Waals surface area (Å²) in [6.45, 7) is 4.32. The second-order valence-electron chi connectivity index (χ2n) is 5.52. The van der Waals surface area contributed by atoms with Gasteiger partial charge in [-0.3, -0.25) is 10.1 Å². The van der Waals surface area contributed by atoms with Gasteiger partial charge in [0.25, 0.3) is 0 Å². The third kappa shape index (κ3) is 3.29. The molecule has 0 atom stereocenters. The van der Waals surface area contributed by atoms with E-state index in [9.17, 15) is 10.1 Å². The monoisotopic (exact) mass is 331 g/mol. The summed E-state index contributed by atoms with van der Waals surface area (Å²) in [5.74, 6) is 1.71. The maximum absolute atomic E-state index is 11.4. The highest BCUT2D eigenvalue weighted by atomic mass is 16.7. The predicted octanol–water partition coefficient (Wildman–Crippen LogP) is 2.55. The van der Waals surface area contributed by atoms with Gasteiger partial charge in [0.1, 0.15) is 6.33 Å². The number of nitrogens with one attached hydrogen (secondary N) is 2. The standard InChI is InChI=1S/C15H17N5O4/c1-9(2)19-15-13(20(21)22)14(17-7-18-15)16-6-10-3-4-11-12(5-10)24-8-23-11/h3-5,7,9H,6,8H2,1-2H3,(H2,16,17,18,19). The molecule has 1 aromatic carbocycles. The minimum Gasteiger partial charge on any atom is -0.454 e. The van der Waals surface area contributed by atoms with Gasteiger partial charge in [0, 0.05) is 12.6 Å². The number of anilines is 2. The van der Waals surface area contributed by atoms with Crippen LogP contribution in [-0.4, -0.2) is 27.7 Å². The van der Waals surface area contributed by atoms with Crippen LogP contribution in [0, 0.1) is 10.1 Å². The Morgan fingerprint density at radius 2 is 2.00 bits per heavy atom. The molecule has 0 spiro atoms. The first-order valence-corrected chi connectivity index (χ1v) is 7.43. The third-order valence-corrected chi connectivity index (χ3v) is 3.33. The maximum atomic E-state index is 11.4. The van der Waals surface area contributed by atoms with E-state index in [1.54, 1.807) is 6.07 Å². The van der Waals surface area contributed by atoms with E-state index in [1.165, 1.54) is 6.33 Å². The molecule has 0 fully saturated rings. The van der Waals surface area contributed by atoms with E-state index in [0.717, 1.165) is 5.56 Å². The van der Waals surface area contributed by atoms with Gasteiger partial charge < -0.3 is 20.1 Å². The van der Waals surface area contributed by atoms with Gasteiger partial charge in [0.05, 0.1) is 4.92 Å². The second-order valence-corrected chi connectivity index (χ2v) is 5.52. The molecule has 0 saturated carbocycles. The predicted molar refractivity (Wildman–Crippen MR) is 87.3 cm³/mol. The van der Waals surface area contributed by atoms with E-state index in [2.05, 4.69) is 20.6 Å². The SMILES string of the molecule is CC(C)Nc1ncnc(NCc2ccc3c(c2)OCO3)c1[N+](=O)[O-]. The molecule has 126 valence electrons. The summed E-state index contributed by atoms with van der Waals surface area (Å²) in [4.78, 5) is 18.9. The molecule has 3 rings (SSSR count). The number of hydrogen-bond acceptors (Lipinski definition) is 8. The molecule has 1 aromatic heterocycles. The van der Waals surface area contributed by atoms with Gasteiger partial charge in [0.2, 0.25) is 18.4 Å². The summed E-state index contributed by atoms with van der Waals surface area (Å²) in [5.41, 5.74) is 0.720. The topological polar surface area (TPSA) is 111 Å². The van der Waals surface area contributed by atoms with Crippen LogP contribution >= 0.6 is 0 Å². The van der Waals surface area contributed by atoms with Gasteiger partial charge >= 0.3 is 5.69 Å². The van der Waals surface area contributed by atoms with Crippen molar-refractivity contribution in [1.82, 2.24) is 9.97 Å². The first-order valence-electron chi connectivity index (χ1n) is 7.43. The molecule has 0 bridgehead atoms. The van der Waals surface area contributed by atoms with Crippen molar-refractivity contribution in [2.75, 3.05) is 17.4 Å². The Balaban J connectivity index is 1.80. The fourth-order valence-corrected chi connectivity index (χ4v) is 2.30. The van der Waals surface area contributed by atoms with Crippen molar-refractivity contribution in [3.05, 3.63) is 40.2 Å². The van der Waals surface area contributed by atoms with Crippen LogP contribution in [0.5, 0.6) is 11.5 Å². The molecular formula is C15H17N5O4. The molecule has 0 unspecified atom stereocenters. The summed E-state index contributed by atoms with van der Waals surface area (Å²) < 4.78 is 10.6. The average molecular weight is 331 g/mol. The summed E-state index contributed by atoms with van der Waals surface area (Å²) in [6.07, 6.45) is 1.29. The zero-order chi connectivity index (χ0) is 17.1. The van der Waals surface area contributed by atoms with Crippen molar-refractivity contribution < 1.29 is 14.4 Å². The Morgan fingerprint density at radius 3 is 2.75 bits per heavy atom. The van der Waals surface area contributed by atoms with E-state index in [4.69, 9.17) is 9.47 Å². The van der Waals surface area contributed by atoms with Crippen LogP contribution in [0.2, 0.25) is 0 Å². The van der Waals surface area contributed by atoms with Crippen LogP contribution in [0.15, 0.2) is 24.5 Å². The summed E-state index contributed by atoms with van der Waals surface area (Å²) in [7, 11) is 0. The number of rotatable bonds is 6. The Kier molecular flexibility index (Phi) is 4.32. The minimum atomic E-state index is -0.493. The largest absolute Gasteiger partial charge is 0.454 e. The highest BCUT2D eigenvalue weighted by molar-refractivity contribution is 5.69. The van der Waals surface area contributed by atoms with Gasteiger partial charge in [-0.1, -0.05) is 6.07 Å². The highest BCUT2D eigenvalue weighted by Crippen LogP contribution is 2.33. The first-order chi connectivity index (χ1) is 11.5. The highest BCUT2D eigenvalue weighted by Gasteiger charge is 2.23. The Bertz CT molecular complexity index is 766. The van der Waals surface area contributed by atoms with Gasteiger partial charge in [-0.05, 0) is 31.5 Å². The first kappa shape index (κ1) is 15.8. The molecule has 0 radical (unpaired) electrons. The van der Waals surface area contributed by atoms with E-state index in [1.807, 2.05) is 26.0 Å². The lowest BCUT2D eigenvalue weighted by Gasteiger charge is -2.12. The number of nitrogens with zero attached hydrogens (tertiary/aromatic N) is 3. The number of ether oxygens (including phenoxy) is 2. The summed E-state index contributed by atoms with van der Waals surface area (Å²) in [5, 5.41) is 17.3. The second kappa shape index (κ2) is 6.57. The van der Waals surface area contributed by atoms with E-state index in [0.29, 0.717) is 18.0 Å². The smallest absolute Gasteiger partial charge is 0.353 e. The molecule has 2 aromatic rings. The van der Waals surface area contributed by atoms with Crippen molar-refractivity contribution in [2.45, 2.75) is 26.4 Å². The Labute approximate surface area is 138 Å². The molecule has 0 saturated heterocycles. The molecule has 9 heteroatoms. The fourth-order valence-electron chi connectivity index (χ4n) is 2.30. The maximum Gasteiger partial charge on any atom is 0.353 e. The third-order valence-electron chi connectivity index (χ3n) is 3.33. The van der Waals surface area contributed by atoms with Crippen LogP contribution < -0.4 is 20.1 Å². The fraction of sp³-hybridized carbons (Fsp3) is 0.333. The normalized spacial score (nSPS) is 12.3. The van der Waals surface area contributed by atoms with Gasteiger partial charge in [-0.25, -0.2) is 9.97 Å². The number of aromatic nitrogens is 2. The molecule has 2 N–H and O–H groups in total. The quantitative estimate of drug-likeness (QED) is 0.613. The zero-order valence-electron chi connectivity index (χ0n) is 13.3. The molecule has 24 heavy (non-hydrogen) atoms. The molecule has 0 aliphatic carbocycles. The van der Waals surface area contributed by atoms with Crippen molar-refractivity contribution in [3.63, 3.8) is 0 Å². The van der Waals surface area contributed by atoms with Gasteiger partial charge in [-0.2, -0.15) is 0 Å². The van der Waals surface area contributed by atoms with E-state index in [-0.39, 0.29) is 30.2 Å².